The maximum absolute atomic E-state index is 13.4. The smallest absolute Gasteiger partial charge is 0.188 e. The number of rotatable bonds is 6. The van der Waals surface area contributed by atoms with E-state index in [1.807, 2.05) is 73.7 Å². The van der Waals surface area contributed by atoms with Gasteiger partial charge in [-0.25, -0.2) is 0 Å². The van der Waals surface area contributed by atoms with E-state index in [9.17, 15) is 4.79 Å². The minimum absolute atomic E-state index is 0.134. The van der Waals surface area contributed by atoms with Crippen molar-refractivity contribution in [2.24, 2.45) is 0 Å². The number of aryl methyl sites for hydroxylation is 1. The molecule has 0 fully saturated rings. The monoisotopic (exact) mass is 443 g/mol. The molecule has 0 saturated heterocycles. The van der Waals surface area contributed by atoms with Gasteiger partial charge in [0.25, 0.3) is 0 Å². The number of carbonyl (C=O) groups is 1. The van der Waals surface area contributed by atoms with Crippen LogP contribution in [0.25, 0.3) is 28.1 Å². The van der Waals surface area contributed by atoms with Gasteiger partial charge in [-0.15, -0.1) is 0 Å². The van der Waals surface area contributed by atoms with Crippen molar-refractivity contribution in [2.75, 3.05) is 14.2 Å². The molecule has 1 heterocycles. The standard InChI is InChI=1S/C27H22ClNO3/c1-17-26(23(30)13-9-18-10-14-24(31-2)25(15-18)32-3)27(19-7-5-4-6-8-19)21-16-20(28)11-12-22(21)29-17/h4-16H,1-3H3. The molecule has 4 nitrogen and oxygen atoms in total. The number of hydrogen-bond donors (Lipinski definition) is 0. The fraction of sp³-hybridized carbons (Fsp3) is 0.111. The molecule has 0 saturated carbocycles. The normalized spacial score (nSPS) is 11.1. The topological polar surface area (TPSA) is 48.4 Å². The first-order valence-corrected chi connectivity index (χ1v) is 10.5. The number of benzene rings is 3. The first-order valence-electron chi connectivity index (χ1n) is 10.1. The third-order valence-corrected chi connectivity index (χ3v) is 5.51. The van der Waals surface area contributed by atoms with Crippen molar-refractivity contribution in [1.29, 1.82) is 0 Å². The lowest BCUT2D eigenvalue weighted by atomic mass is 9.92. The molecule has 0 aliphatic heterocycles. The Kier molecular flexibility index (Phi) is 6.24. The Balaban J connectivity index is 1.84. The van der Waals surface area contributed by atoms with Crippen LogP contribution in [0.1, 0.15) is 21.6 Å². The number of aromatic nitrogens is 1. The predicted octanol–water partition coefficient (Wildman–Crippen LogP) is 6.78. The number of fused-ring (bicyclic) bond motifs is 1. The second kappa shape index (κ2) is 9.25. The number of ketones is 1. The van der Waals surface area contributed by atoms with Gasteiger partial charge in [0, 0.05) is 21.7 Å². The summed E-state index contributed by atoms with van der Waals surface area (Å²) in [5.74, 6) is 1.10. The van der Waals surface area contributed by atoms with Crippen LogP contribution < -0.4 is 9.47 Å². The van der Waals surface area contributed by atoms with Crippen LogP contribution in [0.4, 0.5) is 0 Å². The number of pyridine rings is 1. The van der Waals surface area contributed by atoms with Gasteiger partial charge in [-0.05, 0) is 54.5 Å². The Bertz CT molecular complexity index is 1330. The molecule has 0 atom stereocenters. The van der Waals surface area contributed by atoms with Gasteiger partial charge < -0.3 is 9.47 Å². The number of hydrogen-bond acceptors (Lipinski definition) is 4. The molecule has 1 aromatic heterocycles. The highest BCUT2D eigenvalue weighted by Crippen LogP contribution is 2.35. The van der Waals surface area contributed by atoms with Crippen LogP contribution in [-0.2, 0) is 0 Å². The van der Waals surface area contributed by atoms with Crippen LogP contribution in [0.2, 0.25) is 5.02 Å². The number of allylic oxidation sites excluding steroid dienone is 1. The summed E-state index contributed by atoms with van der Waals surface area (Å²) < 4.78 is 10.6. The average Bonchev–Trinajstić information content (AvgIpc) is 2.82. The van der Waals surface area contributed by atoms with E-state index in [4.69, 9.17) is 21.1 Å². The van der Waals surface area contributed by atoms with Gasteiger partial charge in [0.1, 0.15) is 0 Å². The minimum Gasteiger partial charge on any atom is -0.493 e. The average molecular weight is 444 g/mol. The van der Waals surface area contributed by atoms with Gasteiger partial charge >= 0.3 is 0 Å². The van der Waals surface area contributed by atoms with Crippen molar-refractivity contribution in [3.8, 4) is 22.6 Å². The fourth-order valence-corrected chi connectivity index (χ4v) is 3.95. The van der Waals surface area contributed by atoms with Crippen molar-refractivity contribution >= 4 is 34.4 Å². The molecule has 4 aromatic rings. The lowest BCUT2D eigenvalue weighted by Crippen LogP contribution is -2.05. The van der Waals surface area contributed by atoms with Crippen LogP contribution >= 0.6 is 11.6 Å². The zero-order chi connectivity index (χ0) is 22.7. The summed E-state index contributed by atoms with van der Waals surface area (Å²) in [7, 11) is 3.17. The van der Waals surface area contributed by atoms with Gasteiger partial charge in [0.05, 0.1) is 25.3 Å². The Morgan fingerprint density at radius 1 is 0.938 bits per heavy atom. The second-order valence-electron chi connectivity index (χ2n) is 7.29. The third kappa shape index (κ3) is 4.23. The summed E-state index contributed by atoms with van der Waals surface area (Å²) in [5, 5.41) is 1.44. The predicted molar refractivity (Wildman–Crippen MR) is 130 cm³/mol. The Labute approximate surface area is 192 Å². The number of methoxy groups -OCH3 is 2. The zero-order valence-electron chi connectivity index (χ0n) is 18.1. The van der Waals surface area contributed by atoms with Crippen molar-refractivity contribution in [2.45, 2.75) is 6.92 Å². The molecule has 4 rings (SSSR count). The highest BCUT2D eigenvalue weighted by atomic mass is 35.5. The molecule has 0 unspecified atom stereocenters. The second-order valence-corrected chi connectivity index (χ2v) is 7.72. The molecule has 0 aliphatic rings. The largest absolute Gasteiger partial charge is 0.493 e. The molecule has 0 spiro atoms. The molecule has 0 amide bonds. The lowest BCUT2D eigenvalue weighted by molar-refractivity contribution is 0.104. The quantitative estimate of drug-likeness (QED) is 0.243. The maximum atomic E-state index is 13.4. The first-order chi connectivity index (χ1) is 15.5. The van der Waals surface area contributed by atoms with Crippen LogP contribution in [0.15, 0.2) is 72.8 Å². The van der Waals surface area contributed by atoms with E-state index < -0.39 is 0 Å². The molecule has 32 heavy (non-hydrogen) atoms. The van der Waals surface area contributed by atoms with Crippen LogP contribution in [0.5, 0.6) is 11.5 Å². The summed E-state index contributed by atoms with van der Waals surface area (Å²) in [6.45, 7) is 1.86. The van der Waals surface area contributed by atoms with Crippen LogP contribution in [-0.4, -0.2) is 25.0 Å². The summed E-state index contributed by atoms with van der Waals surface area (Å²) in [4.78, 5) is 18.1. The van der Waals surface area contributed by atoms with E-state index in [0.717, 1.165) is 27.6 Å². The molecule has 0 N–H and O–H groups in total. The summed E-state index contributed by atoms with van der Waals surface area (Å²) >= 11 is 6.30. The van der Waals surface area contributed by atoms with Gasteiger partial charge in [-0.2, -0.15) is 0 Å². The first kappa shape index (κ1) is 21.6. The summed E-state index contributed by atoms with van der Waals surface area (Å²) in [5.41, 5.74) is 4.62. The highest BCUT2D eigenvalue weighted by Gasteiger charge is 2.19. The Morgan fingerprint density at radius 3 is 2.41 bits per heavy atom. The third-order valence-electron chi connectivity index (χ3n) is 5.27. The van der Waals surface area contributed by atoms with E-state index in [1.165, 1.54) is 0 Å². The van der Waals surface area contributed by atoms with Crippen LogP contribution in [0.3, 0.4) is 0 Å². The molecule has 0 radical (unpaired) electrons. The van der Waals surface area contributed by atoms with E-state index >= 15 is 0 Å². The zero-order valence-corrected chi connectivity index (χ0v) is 18.8. The van der Waals surface area contributed by atoms with Crippen molar-refractivity contribution in [3.05, 3.63) is 94.6 Å². The highest BCUT2D eigenvalue weighted by molar-refractivity contribution is 6.31. The maximum Gasteiger partial charge on any atom is 0.188 e. The molecule has 0 aliphatic carbocycles. The van der Waals surface area contributed by atoms with E-state index in [1.54, 1.807) is 26.4 Å². The van der Waals surface area contributed by atoms with Gasteiger partial charge in [-0.1, -0.05) is 54.1 Å². The molecule has 5 heteroatoms. The Hall–Kier alpha value is -3.63. The van der Waals surface area contributed by atoms with Gasteiger partial charge in [0.15, 0.2) is 17.3 Å². The number of nitrogens with zero attached hydrogens (tertiary/aromatic N) is 1. The minimum atomic E-state index is -0.134. The summed E-state index contributed by atoms with van der Waals surface area (Å²) in [6, 6.07) is 20.9. The van der Waals surface area contributed by atoms with Gasteiger partial charge in [0.2, 0.25) is 0 Å². The van der Waals surface area contributed by atoms with E-state index in [0.29, 0.717) is 27.8 Å². The molecule has 3 aromatic carbocycles. The summed E-state index contributed by atoms with van der Waals surface area (Å²) in [6.07, 6.45) is 3.33. The lowest BCUT2D eigenvalue weighted by Gasteiger charge is -2.14. The number of carbonyl (C=O) groups excluding carboxylic acids is 1. The van der Waals surface area contributed by atoms with Crippen molar-refractivity contribution in [1.82, 2.24) is 4.98 Å². The van der Waals surface area contributed by atoms with Crippen LogP contribution in [0, 0.1) is 6.92 Å². The Morgan fingerprint density at radius 2 is 1.69 bits per heavy atom. The molecular formula is C27H22ClNO3. The van der Waals surface area contributed by atoms with E-state index in [2.05, 4.69) is 4.98 Å². The SMILES string of the molecule is COc1ccc(C=CC(=O)c2c(C)nc3ccc(Cl)cc3c2-c2ccccc2)cc1OC. The van der Waals surface area contributed by atoms with Crippen molar-refractivity contribution in [3.63, 3.8) is 0 Å². The number of ether oxygens (including phenoxy) is 2. The fourth-order valence-electron chi connectivity index (χ4n) is 3.78. The molecule has 0 bridgehead atoms. The molecule has 160 valence electrons. The van der Waals surface area contributed by atoms with E-state index in [-0.39, 0.29) is 5.78 Å². The molecular weight excluding hydrogens is 422 g/mol. The number of halogens is 1. The van der Waals surface area contributed by atoms with Gasteiger partial charge in [-0.3, -0.25) is 9.78 Å². The van der Waals surface area contributed by atoms with Crippen molar-refractivity contribution < 1.29 is 14.3 Å².